The second-order valence-corrected chi connectivity index (χ2v) is 5.05. The molecular weight excluding hydrogens is 202 g/mol. The summed E-state index contributed by atoms with van der Waals surface area (Å²) in [5, 5.41) is 2.57. The van der Waals surface area contributed by atoms with Gasteiger partial charge >= 0.3 is 6.03 Å². The molecule has 1 aliphatic rings. The Hall–Kier alpha value is -1.55. The van der Waals surface area contributed by atoms with Crippen molar-refractivity contribution in [3.63, 3.8) is 0 Å². The fraction of sp³-hybridized carbons (Fsp3) is 0.417. The first-order chi connectivity index (χ1) is 7.40. The number of nitrogens with one attached hydrogen (secondary N) is 1. The molecule has 0 radical (unpaired) electrons. The van der Waals surface area contributed by atoms with E-state index >= 15 is 0 Å². The number of rotatable bonds is 1. The number of urea groups is 1. The molecule has 4 heteroatoms. The SMILES string of the molecule is CC1(C)Cc2ccc(NC(N)=O)cc2C1N. The van der Waals surface area contributed by atoms with Gasteiger partial charge in [-0.25, -0.2) is 4.79 Å². The molecule has 0 bridgehead atoms. The normalized spacial score (nSPS) is 21.6. The van der Waals surface area contributed by atoms with Crippen LogP contribution in [-0.4, -0.2) is 6.03 Å². The lowest BCUT2D eigenvalue weighted by atomic mass is 9.86. The molecule has 0 aliphatic heterocycles. The van der Waals surface area contributed by atoms with Crippen LogP contribution in [0.25, 0.3) is 0 Å². The molecule has 1 aromatic carbocycles. The number of hydrogen-bond donors (Lipinski definition) is 3. The molecule has 16 heavy (non-hydrogen) atoms. The maximum Gasteiger partial charge on any atom is 0.316 e. The molecule has 1 unspecified atom stereocenters. The first-order valence-electron chi connectivity index (χ1n) is 5.35. The highest BCUT2D eigenvalue weighted by Crippen LogP contribution is 2.44. The summed E-state index contributed by atoms with van der Waals surface area (Å²) in [6, 6.07) is 5.25. The lowest BCUT2D eigenvalue weighted by Gasteiger charge is -2.23. The number of benzene rings is 1. The van der Waals surface area contributed by atoms with Crippen molar-refractivity contribution >= 4 is 11.7 Å². The van der Waals surface area contributed by atoms with Gasteiger partial charge in [-0.05, 0) is 35.1 Å². The van der Waals surface area contributed by atoms with Gasteiger partial charge in [0.25, 0.3) is 0 Å². The Morgan fingerprint density at radius 2 is 2.19 bits per heavy atom. The summed E-state index contributed by atoms with van der Waals surface area (Å²) in [5.41, 5.74) is 14.4. The van der Waals surface area contributed by atoms with Crippen LogP contribution in [0.15, 0.2) is 18.2 Å². The molecule has 1 aliphatic carbocycles. The van der Waals surface area contributed by atoms with E-state index in [2.05, 4.69) is 19.2 Å². The van der Waals surface area contributed by atoms with Crippen LogP contribution in [0.3, 0.4) is 0 Å². The molecule has 0 spiro atoms. The van der Waals surface area contributed by atoms with Gasteiger partial charge < -0.3 is 16.8 Å². The van der Waals surface area contributed by atoms with E-state index in [0.717, 1.165) is 12.0 Å². The summed E-state index contributed by atoms with van der Waals surface area (Å²) >= 11 is 0. The zero-order valence-electron chi connectivity index (χ0n) is 9.58. The molecule has 0 heterocycles. The van der Waals surface area contributed by atoms with Crippen LogP contribution in [0.4, 0.5) is 10.5 Å². The summed E-state index contributed by atoms with van der Waals surface area (Å²) in [6.07, 6.45) is 0.973. The molecule has 1 atom stereocenters. The molecule has 5 N–H and O–H groups in total. The quantitative estimate of drug-likeness (QED) is 0.672. The van der Waals surface area contributed by atoms with Crippen molar-refractivity contribution in [2.75, 3.05) is 5.32 Å². The zero-order valence-corrected chi connectivity index (χ0v) is 9.58. The van der Waals surface area contributed by atoms with Crippen molar-refractivity contribution in [3.05, 3.63) is 29.3 Å². The van der Waals surface area contributed by atoms with Gasteiger partial charge in [-0.15, -0.1) is 0 Å². The van der Waals surface area contributed by atoms with Gasteiger partial charge in [0.1, 0.15) is 0 Å². The second kappa shape index (κ2) is 3.49. The summed E-state index contributed by atoms with van der Waals surface area (Å²) in [6.45, 7) is 4.30. The number of carbonyl (C=O) groups excluding carboxylic acids is 1. The monoisotopic (exact) mass is 219 g/mol. The van der Waals surface area contributed by atoms with Crippen LogP contribution < -0.4 is 16.8 Å². The van der Waals surface area contributed by atoms with Crippen molar-refractivity contribution in [3.8, 4) is 0 Å². The minimum atomic E-state index is -0.550. The number of primary amides is 1. The lowest BCUT2D eigenvalue weighted by Crippen LogP contribution is -2.25. The summed E-state index contributed by atoms with van der Waals surface area (Å²) in [5.74, 6) is 0. The Balaban J connectivity index is 2.35. The first-order valence-corrected chi connectivity index (χ1v) is 5.35. The average Bonchev–Trinajstić information content (AvgIpc) is 2.38. The maximum absolute atomic E-state index is 10.8. The number of carbonyl (C=O) groups is 1. The largest absolute Gasteiger partial charge is 0.351 e. The molecule has 1 aromatic rings. The Morgan fingerprint density at radius 3 is 2.81 bits per heavy atom. The third-order valence-corrected chi connectivity index (χ3v) is 3.24. The highest BCUT2D eigenvalue weighted by Gasteiger charge is 2.36. The zero-order chi connectivity index (χ0) is 11.9. The summed E-state index contributed by atoms with van der Waals surface area (Å²) in [7, 11) is 0. The average molecular weight is 219 g/mol. The smallest absolute Gasteiger partial charge is 0.316 e. The fourth-order valence-electron chi connectivity index (χ4n) is 2.29. The molecule has 0 fully saturated rings. The van der Waals surface area contributed by atoms with Gasteiger partial charge in [0.15, 0.2) is 0 Å². The highest BCUT2D eigenvalue weighted by molar-refractivity contribution is 5.88. The van der Waals surface area contributed by atoms with E-state index in [9.17, 15) is 4.79 Å². The molecular formula is C12H17N3O. The lowest BCUT2D eigenvalue weighted by molar-refractivity contribution is 0.259. The number of anilines is 1. The van der Waals surface area contributed by atoms with E-state index < -0.39 is 6.03 Å². The molecule has 4 nitrogen and oxygen atoms in total. The van der Waals surface area contributed by atoms with Crippen LogP contribution in [0, 0.1) is 5.41 Å². The minimum absolute atomic E-state index is 0.0112. The molecule has 2 amide bonds. The number of amides is 2. The minimum Gasteiger partial charge on any atom is -0.351 e. The summed E-state index contributed by atoms with van der Waals surface area (Å²) < 4.78 is 0. The Bertz CT molecular complexity index is 440. The van der Waals surface area contributed by atoms with E-state index in [1.54, 1.807) is 0 Å². The van der Waals surface area contributed by atoms with Crippen LogP contribution in [0.2, 0.25) is 0 Å². The van der Waals surface area contributed by atoms with Crippen LogP contribution >= 0.6 is 0 Å². The van der Waals surface area contributed by atoms with Gasteiger partial charge in [-0.1, -0.05) is 19.9 Å². The second-order valence-electron chi connectivity index (χ2n) is 5.05. The van der Waals surface area contributed by atoms with Crippen LogP contribution in [0.1, 0.15) is 31.0 Å². The topological polar surface area (TPSA) is 81.1 Å². The Labute approximate surface area is 95.0 Å². The number of fused-ring (bicyclic) bond motifs is 1. The third kappa shape index (κ3) is 1.76. The van der Waals surface area contributed by atoms with Crippen molar-refractivity contribution in [2.24, 2.45) is 16.9 Å². The van der Waals surface area contributed by atoms with Gasteiger partial charge in [-0.2, -0.15) is 0 Å². The predicted octanol–water partition coefficient (Wildman–Crippen LogP) is 1.76. The standard InChI is InChI=1S/C12H17N3O/c1-12(2)6-7-3-4-8(15-11(14)16)5-9(7)10(12)13/h3-5,10H,6,13H2,1-2H3,(H3,14,15,16). The van der Waals surface area contributed by atoms with Crippen molar-refractivity contribution in [1.29, 1.82) is 0 Å². The van der Waals surface area contributed by atoms with Gasteiger partial charge in [-0.3, -0.25) is 0 Å². The summed E-state index contributed by atoms with van der Waals surface area (Å²) in [4.78, 5) is 10.8. The van der Waals surface area contributed by atoms with Crippen molar-refractivity contribution < 1.29 is 4.79 Å². The molecule has 0 saturated heterocycles. The van der Waals surface area contributed by atoms with E-state index in [1.807, 2.05) is 18.2 Å². The van der Waals surface area contributed by atoms with E-state index in [-0.39, 0.29) is 11.5 Å². The third-order valence-electron chi connectivity index (χ3n) is 3.24. The maximum atomic E-state index is 10.8. The van der Waals surface area contributed by atoms with Crippen molar-refractivity contribution in [1.82, 2.24) is 0 Å². The van der Waals surface area contributed by atoms with Crippen LogP contribution in [0.5, 0.6) is 0 Å². The van der Waals surface area contributed by atoms with E-state index in [4.69, 9.17) is 11.5 Å². The van der Waals surface area contributed by atoms with Crippen LogP contribution in [-0.2, 0) is 6.42 Å². The molecule has 86 valence electrons. The Morgan fingerprint density at radius 1 is 1.50 bits per heavy atom. The number of nitrogens with two attached hydrogens (primary N) is 2. The number of hydrogen-bond acceptors (Lipinski definition) is 2. The van der Waals surface area contributed by atoms with E-state index in [0.29, 0.717) is 5.69 Å². The Kier molecular flexibility index (Phi) is 2.39. The molecule has 0 saturated carbocycles. The fourth-order valence-corrected chi connectivity index (χ4v) is 2.29. The van der Waals surface area contributed by atoms with E-state index in [1.165, 1.54) is 5.56 Å². The highest BCUT2D eigenvalue weighted by atomic mass is 16.2. The first kappa shape index (κ1) is 11.0. The van der Waals surface area contributed by atoms with Crippen molar-refractivity contribution in [2.45, 2.75) is 26.3 Å². The predicted molar refractivity (Wildman–Crippen MR) is 64.1 cm³/mol. The molecule has 2 rings (SSSR count). The van der Waals surface area contributed by atoms with Gasteiger partial charge in [0.05, 0.1) is 0 Å². The van der Waals surface area contributed by atoms with Gasteiger partial charge in [0.2, 0.25) is 0 Å². The van der Waals surface area contributed by atoms with Gasteiger partial charge in [0, 0.05) is 11.7 Å². The molecule has 0 aromatic heterocycles.